The van der Waals surface area contributed by atoms with Gasteiger partial charge in [0.1, 0.15) is 11.5 Å². The van der Waals surface area contributed by atoms with E-state index in [2.05, 4.69) is 20.1 Å². The van der Waals surface area contributed by atoms with Gasteiger partial charge in [-0.3, -0.25) is 9.69 Å². The third-order valence-electron chi connectivity index (χ3n) is 4.18. The van der Waals surface area contributed by atoms with Crippen LogP contribution in [0.15, 0.2) is 23.7 Å². The summed E-state index contributed by atoms with van der Waals surface area (Å²) in [6, 6.07) is 3.29. The minimum atomic E-state index is -0.104. The number of thiazole rings is 1. The van der Waals surface area contributed by atoms with Gasteiger partial charge in [-0.05, 0) is 6.07 Å². The van der Waals surface area contributed by atoms with Crippen LogP contribution in [0, 0.1) is 0 Å². The van der Waals surface area contributed by atoms with E-state index in [4.69, 9.17) is 21.1 Å². The van der Waals surface area contributed by atoms with E-state index in [-0.39, 0.29) is 5.91 Å². The average Bonchev–Trinajstić information content (AvgIpc) is 3.17. The van der Waals surface area contributed by atoms with Crippen molar-refractivity contribution in [3.8, 4) is 11.5 Å². The summed E-state index contributed by atoms with van der Waals surface area (Å²) in [4.78, 5) is 21.1. The molecular formula is C17H21ClN4O3S. The Balaban J connectivity index is 1.56. The van der Waals surface area contributed by atoms with Gasteiger partial charge in [0.2, 0.25) is 5.91 Å². The topological polar surface area (TPSA) is 66.9 Å². The Morgan fingerprint density at radius 2 is 1.96 bits per heavy atom. The minimum Gasteiger partial charge on any atom is -0.495 e. The third-order valence-corrected chi connectivity index (χ3v) is 5.30. The van der Waals surface area contributed by atoms with Crippen LogP contribution in [-0.2, 0) is 4.79 Å². The molecule has 0 saturated carbocycles. The number of carbonyl (C=O) groups is 1. The zero-order valence-electron chi connectivity index (χ0n) is 14.7. The lowest BCUT2D eigenvalue weighted by molar-refractivity contribution is -0.117. The molecule has 0 unspecified atom stereocenters. The van der Waals surface area contributed by atoms with Crippen molar-refractivity contribution in [1.82, 2.24) is 9.88 Å². The van der Waals surface area contributed by atoms with Crippen molar-refractivity contribution in [3.63, 3.8) is 0 Å². The van der Waals surface area contributed by atoms with Crippen LogP contribution in [0.25, 0.3) is 0 Å². The number of nitrogens with one attached hydrogen (secondary N) is 1. The quantitative estimate of drug-likeness (QED) is 0.809. The number of piperazine rings is 1. The second-order valence-corrected chi connectivity index (χ2v) is 7.09. The molecule has 0 aliphatic carbocycles. The molecule has 140 valence electrons. The molecule has 3 rings (SSSR count). The van der Waals surface area contributed by atoms with Crippen molar-refractivity contribution < 1.29 is 14.3 Å². The Hall–Kier alpha value is -2.03. The number of halogens is 1. The van der Waals surface area contributed by atoms with Crippen molar-refractivity contribution in [2.75, 3.05) is 57.2 Å². The number of methoxy groups -OCH3 is 2. The lowest BCUT2D eigenvalue weighted by Gasteiger charge is -2.34. The first kappa shape index (κ1) is 18.8. The van der Waals surface area contributed by atoms with Crippen LogP contribution in [0.3, 0.4) is 0 Å². The molecule has 1 fully saturated rings. The van der Waals surface area contributed by atoms with Gasteiger partial charge in [0.25, 0.3) is 0 Å². The third kappa shape index (κ3) is 4.38. The zero-order chi connectivity index (χ0) is 18.5. The van der Waals surface area contributed by atoms with Crippen LogP contribution in [0.4, 0.5) is 10.8 Å². The normalized spacial score (nSPS) is 15.0. The van der Waals surface area contributed by atoms with Gasteiger partial charge in [0, 0.05) is 43.8 Å². The first-order chi connectivity index (χ1) is 12.6. The van der Waals surface area contributed by atoms with Crippen LogP contribution in [0.2, 0.25) is 5.02 Å². The molecule has 1 aromatic heterocycles. The summed E-state index contributed by atoms with van der Waals surface area (Å²) in [6.07, 6.45) is 1.81. The number of nitrogens with zero attached hydrogens (tertiary/aromatic N) is 3. The second kappa shape index (κ2) is 8.57. The fraction of sp³-hybridized carbons (Fsp3) is 0.412. The largest absolute Gasteiger partial charge is 0.495 e. The lowest BCUT2D eigenvalue weighted by Crippen LogP contribution is -2.48. The molecule has 1 N–H and O–H groups in total. The summed E-state index contributed by atoms with van der Waals surface area (Å²) in [5.74, 6) is 0.903. The van der Waals surface area contributed by atoms with Crippen LogP contribution in [-0.4, -0.2) is 62.7 Å². The highest BCUT2D eigenvalue weighted by molar-refractivity contribution is 7.13. The SMILES string of the molecule is COc1cc(OC)c(NC(=O)CN2CCN(c3nccs3)CC2)cc1Cl. The molecule has 9 heteroatoms. The molecule has 1 aromatic carbocycles. The number of hydrogen-bond acceptors (Lipinski definition) is 7. The molecule has 0 bridgehead atoms. The van der Waals surface area contributed by atoms with Crippen LogP contribution >= 0.6 is 22.9 Å². The van der Waals surface area contributed by atoms with Gasteiger partial charge < -0.3 is 19.7 Å². The molecule has 0 spiro atoms. The number of rotatable bonds is 6. The molecule has 2 aromatic rings. The fourth-order valence-corrected chi connectivity index (χ4v) is 3.76. The number of amides is 1. The number of hydrogen-bond donors (Lipinski definition) is 1. The van der Waals surface area contributed by atoms with Crippen molar-refractivity contribution in [3.05, 3.63) is 28.7 Å². The smallest absolute Gasteiger partial charge is 0.238 e. The Labute approximate surface area is 161 Å². The van der Waals surface area contributed by atoms with E-state index in [0.717, 1.165) is 31.3 Å². The Morgan fingerprint density at radius 3 is 2.58 bits per heavy atom. The van der Waals surface area contributed by atoms with Crippen molar-refractivity contribution in [1.29, 1.82) is 0 Å². The number of anilines is 2. The van der Waals surface area contributed by atoms with Crippen LogP contribution < -0.4 is 19.7 Å². The van der Waals surface area contributed by atoms with E-state index in [9.17, 15) is 4.79 Å². The lowest BCUT2D eigenvalue weighted by atomic mass is 10.2. The summed E-state index contributed by atoms with van der Waals surface area (Å²) < 4.78 is 10.5. The molecule has 7 nitrogen and oxygen atoms in total. The number of carbonyl (C=O) groups excluding carboxylic acids is 1. The second-order valence-electron chi connectivity index (χ2n) is 5.81. The molecule has 1 amide bonds. The maximum Gasteiger partial charge on any atom is 0.238 e. The van der Waals surface area contributed by atoms with Gasteiger partial charge in [0.15, 0.2) is 5.13 Å². The molecule has 0 radical (unpaired) electrons. The standard InChI is InChI=1S/C17H21ClN4O3S/c1-24-14-10-15(25-2)13(9-12(14)18)20-16(23)11-21-4-6-22(7-5-21)17-19-3-8-26-17/h3,8-10H,4-7,11H2,1-2H3,(H,20,23). The van der Waals surface area contributed by atoms with Gasteiger partial charge in [-0.15, -0.1) is 11.3 Å². The highest BCUT2D eigenvalue weighted by Crippen LogP contribution is 2.35. The van der Waals surface area contributed by atoms with Crippen molar-refractivity contribution in [2.24, 2.45) is 0 Å². The summed E-state index contributed by atoms with van der Waals surface area (Å²) in [7, 11) is 3.07. The summed E-state index contributed by atoms with van der Waals surface area (Å²) in [6.45, 7) is 3.66. The zero-order valence-corrected chi connectivity index (χ0v) is 16.3. The molecular weight excluding hydrogens is 376 g/mol. The molecule has 26 heavy (non-hydrogen) atoms. The summed E-state index contributed by atoms with van der Waals surface area (Å²) >= 11 is 7.78. The summed E-state index contributed by atoms with van der Waals surface area (Å²) in [5, 5.41) is 6.30. The van der Waals surface area contributed by atoms with E-state index >= 15 is 0 Å². The van der Waals surface area contributed by atoms with Crippen molar-refractivity contribution in [2.45, 2.75) is 0 Å². The first-order valence-electron chi connectivity index (χ1n) is 8.19. The molecule has 1 aliphatic rings. The number of aromatic nitrogens is 1. The summed E-state index contributed by atoms with van der Waals surface area (Å²) in [5.41, 5.74) is 0.532. The van der Waals surface area contributed by atoms with E-state index in [0.29, 0.717) is 28.8 Å². The first-order valence-corrected chi connectivity index (χ1v) is 9.44. The number of benzene rings is 1. The maximum absolute atomic E-state index is 12.4. The Bertz CT molecular complexity index is 749. The van der Waals surface area contributed by atoms with Crippen LogP contribution in [0.1, 0.15) is 0 Å². The van der Waals surface area contributed by atoms with E-state index < -0.39 is 0 Å². The van der Waals surface area contributed by atoms with Gasteiger partial charge in [0.05, 0.1) is 31.5 Å². The van der Waals surface area contributed by atoms with E-state index in [1.807, 2.05) is 11.6 Å². The predicted octanol–water partition coefficient (Wildman–Crippen LogP) is 2.57. The maximum atomic E-state index is 12.4. The van der Waals surface area contributed by atoms with Gasteiger partial charge in [-0.25, -0.2) is 4.98 Å². The van der Waals surface area contributed by atoms with Crippen molar-refractivity contribution >= 4 is 39.7 Å². The number of ether oxygens (including phenoxy) is 2. The van der Waals surface area contributed by atoms with Crippen LogP contribution in [0.5, 0.6) is 11.5 Å². The monoisotopic (exact) mass is 396 g/mol. The minimum absolute atomic E-state index is 0.104. The van der Waals surface area contributed by atoms with E-state index in [1.165, 1.54) is 14.2 Å². The fourth-order valence-electron chi connectivity index (χ4n) is 2.82. The Morgan fingerprint density at radius 1 is 1.23 bits per heavy atom. The highest BCUT2D eigenvalue weighted by Gasteiger charge is 2.21. The Kier molecular flexibility index (Phi) is 6.18. The molecule has 0 atom stereocenters. The van der Waals surface area contributed by atoms with Gasteiger partial charge >= 0.3 is 0 Å². The molecule has 1 saturated heterocycles. The van der Waals surface area contributed by atoms with E-state index in [1.54, 1.807) is 23.5 Å². The highest BCUT2D eigenvalue weighted by atomic mass is 35.5. The molecule has 1 aliphatic heterocycles. The predicted molar refractivity (Wildman–Crippen MR) is 104 cm³/mol. The average molecular weight is 397 g/mol. The van der Waals surface area contributed by atoms with Gasteiger partial charge in [-0.2, -0.15) is 0 Å². The molecule has 2 heterocycles. The van der Waals surface area contributed by atoms with Gasteiger partial charge in [-0.1, -0.05) is 11.6 Å².